The van der Waals surface area contributed by atoms with Crippen molar-refractivity contribution in [2.75, 3.05) is 17.5 Å². The van der Waals surface area contributed by atoms with E-state index in [0.717, 1.165) is 11.1 Å². The summed E-state index contributed by atoms with van der Waals surface area (Å²) in [6.07, 6.45) is 0.590. The minimum absolute atomic E-state index is 0.00321. The van der Waals surface area contributed by atoms with E-state index in [0.29, 0.717) is 18.7 Å². The quantitative estimate of drug-likeness (QED) is 0.517. The van der Waals surface area contributed by atoms with E-state index in [1.807, 2.05) is 42.5 Å². The number of sulfonamides is 1. The first-order chi connectivity index (χ1) is 15.9. The Bertz CT molecular complexity index is 1300. The highest BCUT2D eigenvalue weighted by molar-refractivity contribution is 7.93. The van der Waals surface area contributed by atoms with Gasteiger partial charge in [0.1, 0.15) is 4.90 Å². The Labute approximate surface area is 197 Å². The fourth-order valence-corrected chi connectivity index (χ4v) is 5.57. The summed E-state index contributed by atoms with van der Waals surface area (Å²) in [5.74, 6) is -1.29. The Kier molecular flexibility index (Phi) is 6.67. The zero-order chi connectivity index (χ0) is 23.4. The van der Waals surface area contributed by atoms with Crippen LogP contribution in [0, 0.1) is 0 Å². The summed E-state index contributed by atoms with van der Waals surface area (Å²) in [4.78, 5) is 24.3. The number of halogens is 1. The van der Waals surface area contributed by atoms with Crippen LogP contribution < -0.4 is 9.62 Å². The summed E-state index contributed by atoms with van der Waals surface area (Å²) < 4.78 is 33.0. The summed E-state index contributed by atoms with van der Waals surface area (Å²) >= 11 is 6.20. The number of benzene rings is 3. The van der Waals surface area contributed by atoms with E-state index in [-0.39, 0.29) is 22.0 Å². The number of nitrogens with zero attached hydrogens (tertiary/aromatic N) is 1. The molecular weight excluding hydrogens is 464 g/mol. The largest absolute Gasteiger partial charge is 0.452 e. The predicted octanol–water partition coefficient (Wildman–Crippen LogP) is 3.56. The van der Waals surface area contributed by atoms with Crippen LogP contribution in [0.3, 0.4) is 0 Å². The van der Waals surface area contributed by atoms with Crippen molar-refractivity contribution in [3.05, 3.63) is 94.5 Å². The lowest BCUT2D eigenvalue weighted by molar-refractivity contribution is -0.124. The molecule has 0 unspecified atom stereocenters. The Morgan fingerprint density at radius 2 is 1.73 bits per heavy atom. The van der Waals surface area contributed by atoms with E-state index in [4.69, 9.17) is 16.3 Å². The molecule has 3 aromatic rings. The molecule has 170 valence electrons. The van der Waals surface area contributed by atoms with E-state index in [1.54, 1.807) is 12.1 Å². The van der Waals surface area contributed by atoms with Crippen LogP contribution in [0.15, 0.2) is 77.7 Å². The maximum Gasteiger partial charge on any atom is 0.338 e. The van der Waals surface area contributed by atoms with Crippen molar-refractivity contribution >= 4 is 39.2 Å². The van der Waals surface area contributed by atoms with Crippen LogP contribution in [0.25, 0.3) is 0 Å². The Balaban J connectivity index is 1.44. The maximum atomic E-state index is 13.3. The fourth-order valence-electron chi connectivity index (χ4n) is 3.57. The van der Waals surface area contributed by atoms with Gasteiger partial charge in [0.25, 0.3) is 15.9 Å². The van der Waals surface area contributed by atoms with E-state index in [2.05, 4.69) is 5.32 Å². The molecular formula is C24H21ClN2O5S. The van der Waals surface area contributed by atoms with Gasteiger partial charge in [0, 0.05) is 13.1 Å². The molecule has 9 heteroatoms. The van der Waals surface area contributed by atoms with Crippen molar-refractivity contribution in [2.45, 2.75) is 17.9 Å². The number of carbonyl (C=O) groups excluding carboxylic acids is 2. The van der Waals surface area contributed by atoms with Gasteiger partial charge >= 0.3 is 5.97 Å². The molecule has 1 amide bonds. The van der Waals surface area contributed by atoms with Crippen LogP contribution >= 0.6 is 11.6 Å². The Morgan fingerprint density at radius 3 is 2.52 bits per heavy atom. The number of amides is 1. The van der Waals surface area contributed by atoms with E-state index in [1.165, 1.54) is 22.5 Å². The number of ether oxygens (including phenoxy) is 1. The monoisotopic (exact) mass is 484 g/mol. The Hall–Kier alpha value is -3.36. The van der Waals surface area contributed by atoms with Crippen LogP contribution in [-0.4, -0.2) is 33.4 Å². The standard InChI is InChI=1S/C24H21ClN2O5S/c25-20-11-10-19(24(29)32-16-23(28)26-15-17-6-2-1-3-7-17)14-22(20)33(30,31)27-13-12-18-8-4-5-9-21(18)27/h1-11,14H,12-13,15-16H2,(H,26,28). The van der Waals surface area contributed by atoms with E-state index in [9.17, 15) is 18.0 Å². The average Bonchev–Trinajstić information content (AvgIpc) is 3.27. The smallest absolute Gasteiger partial charge is 0.338 e. The lowest BCUT2D eigenvalue weighted by atomic mass is 10.2. The van der Waals surface area contributed by atoms with Crippen LogP contribution in [0.5, 0.6) is 0 Å². The lowest BCUT2D eigenvalue weighted by Gasteiger charge is -2.20. The molecule has 3 aromatic carbocycles. The highest BCUT2D eigenvalue weighted by Crippen LogP contribution is 2.35. The first-order valence-electron chi connectivity index (χ1n) is 10.2. The lowest BCUT2D eigenvalue weighted by Crippen LogP contribution is -2.30. The highest BCUT2D eigenvalue weighted by atomic mass is 35.5. The number of carbonyl (C=O) groups is 2. The molecule has 1 heterocycles. The van der Waals surface area contributed by atoms with Crippen molar-refractivity contribution in [2.24, 2.45) is 0 Å². The van der Waals surface area contributed by atoms with Crippen LogP contribution in [0.1, 0.15) is 21.5 Å². The first kappa shape index (κ1) is 22.8. The van der Waals surface area contributed by atoms with Gasteiger partial charge in [-0.3, -0.25) is 9.10 Å². The highest BCUT2D eigenvalue weighted by Gasteiger charge is 2.32. The second-order valence-corrected chi connectivity index (χ2v) is 9.68. The molecule has 4 rings (SSSR count). The number of rotatable bonds is 7. The molecule has 0 bridgehead atoms. The molecule has 1 aliphatic rings. The first-order valence-corrected chi connectivity index (χ1v) is 12.1. The molecule has 1 N–H and O–H groups in total. The molecule has 0 aromatic heterocycles. The molecule has 0 spiro atoms. The third-order valence-electron chi connectivity index (χ3n) is 5.25. The van der Waals surface area contributed by atoms with Gasteiger partial charge < -0.3 is 10.1 Å². The number of para-hydroxylation sites is 1. The predicted molar refractivity (Wildman–Crippen MR) is 125 cm³/mol. The molecule has 0 saturated carbocycles. The van der Waals surface area contributed by atoms with Gasteiger partial charge in [0.05, 0.1) is 16.3 Å². The van der Waals surface area contributed by atoms with Crippen LogP contribution in [0.2, 0.25) is 5.02 Å². The average molecular weight is 485 g/mol. The topological polar surface area (TPSA) is 92.8 Å². The van der Waals surface area contributed by atoms with Crippen molar-refractivity contribution in [1.29, 1.82) is 0 Å². The van der Waals surface area contributed by atoms with E-state index >= 15 is 0 Å². The normalized spacial score (nSPS) is 12.8. The number of nitrogens with one attached hydrogen (secondary N) is 1. The van der Waals surface area contributed by atoms with Crippen molar-refractivity contribution in [3.8, 4) is 0 Å². The molecule has 1 aliphatic heterocycles. The van der Waals surface area contributed by atoms with E-state index < -0.39 is 28.5 Å². The second kappa shape index (κ2) is 9.64. The van der Waals surface area contributed by atoms with Gasteiger partial charge in [-0.1, -0.05) is 60.1 Å². The van der Waals surface area contributed by atoms with Gasteiger partial charge in [0.2, 0.25) is 0 Å². The van der Waals surface area contributed by atoms with Crippen molar-refractivity contribution < 1.29 is 22.7 Å². The van der Waals surface area contributed by atoms with Gasteiger partial charge in [-0.15, -0.1) is 0 Å². The SMILES string of the molecule is O=C(COC(=O)c1ccc(Cl)c(S(=O)(=O)N2CCc3ccccc32)c1)NCc1ccccc1. The molecule has 7 nitrogen and oxygen atoms in total. The number of anilines is 1. The third-order valence-corrected chi connectivity index (χ3v) is 7.54. The fraction of sp³-hybridized carbons (Fsp3) is 0.167. The molecule has 0 atom stereocenters. The number of fused-ring (bicyclic) bond motifs is 1. The van der Waals surface area contributed by atoms with Gasteiger partial charge in [0.15, 0.2) is 6.61 Å². The zero-order valence-corrected chi connectivity index (χ0v) is 19.1. The maximum absolute atomic E-state index is 13.3. The molecule has 33 heavy (non-hydrogen) atoms. The molecule has 0 saturated heterocycles. The zero-order valence-electron chi connectivity index (χ0n) is 17.5. The van der Waals surface area contributed by atoms with Gasteiger partial charge in [-0.25, -0.2) is 13.2 Å². The molecule has 0 aliphatic carbocycles. The van der Waals surface area contributed by atoms with Gasteiger partial charge in [-0.05, 0) is 41.8 Å². The second-order valence-electron chi connectivity index (χ2n) is 7.44. The minimum atomic E-state index is -3.99. The summed E-state index contributed by atoms with van der Waals surface area (Å²) in [5, 5.41) is 2.65. The third kappa shape index (κ3) is 5.02. The summed E-state index contributed by atoms with van der Waals surface area (Å²) in [6, 6.07) is 20.4. The number of hydrogen-bond donors (Lipinski definition) is 1. The van der Waals surface area contributed by atoms with Crippen LogP contribution in [0.4, 0.5) is 5.69 Å². The Morgan fingerprint density at radius 1 is 1.00 bits per heavy atom. The molecule has 0 fully saturated rings. The molecule has 0 radical (unpaired) electrons. The summed E-state index contributed by atoms with van der Waals surface area (Å²) in [7, 11) is -3.99. The summed E-state index contributed by atoms with van der Waals surface area (Å²) in [5.41, 5.74) is 2.42. The minimum Gasteiger partial charge on any atom is -0.452 e. The summed E-state index contributed by atoms with van der Waals surface area (Å²) in [6.45, 7) is 0.0992. The number of esters is 1. The number of hydrogen-bond acceptors (Lipinski definition) is 5. The van der Waals surface area contributed by atoms with Gasteiger partial charge in [-0.2, -0.15) is 0 Å². The van der Waals surface area contributed by atoms with Crippen molar-refractivity contribution in [3.63, 3.8) is 0 Å². The van der Waals surface area contributed by atoms with Crippen LogP contribution in [-0.2, 0) is 32.5 Å². The van der Waals surface area contributed by atoms with Crippen molar-refractivity contribution in [1.82, 2.24) is 5.32 Å².